The lowest BCUT2D eigenvalue weighted by Gasteiger charge is -2.57. The van der Waals surface area contributed by atoms with E-state index < -0.39 is 0 Å². The Bertz CT molecular complexity index is 754. The van der Waals surface area contributed by atoms with E-state index in [-0.39, 0.29) is 17.5 Å². The van der Waals surface area contributed by atoms with Gasteiger partial charge in [0.2, 0.25) is 5.91 Å². The van der Waals surface area contributed by atoms with E-state index in [4.69, 9.17) is 0 Å². The van der Waals surface area contributed by atoms with Crippen molar-refractivity contribution in [1.82, 2.24) is 25.3 Å². The summed E-state index contributed by atoms with van der Waals surface area (Å²) in [6.45, 7) is 3.21. The number of amides is 3. The van der Waals surface area contributed by atoms with E-state index in [9.17, 15) is 9.59 Å². The predicted molar refractivity (Wildman–Crippen MR) is 117 cm³/mol. The third-order valence-corrected chi connectivity index (χ3v) is 7.03. The van der Waals surface area contributed by atoms with Gasteiger partial charge in [-0.3, -0.25) is 9.69 Å². The second-order valence-electron chi connectivity index (χ2n) is 9.39. The molecule has 1 unspecified atom stereocenters. The molecule has 2 heterocycles. The first kappa shape index (κ1) is 21.1. The summed E-state index contributed by atoms with van der Waals surface area (Å²) in [6, 6.07) is 11.9. The monoisotopic (exact) mass is 413 g/mol. The minimum absolute atomic E-state index is 0.0276. The zero-order valence-electron chi connectivity index (χ0n) is 18.4. The smallest absolute Gasteiger partial charge is 0.319 e. The first-order chi connectivity index (χ1) is 14.4. The summed E-state index contributed by atoms with van der Waals surface area (Å²) in [7, 11) is 5.24. The van der Waals surface area contributed by atoms with Gasteiger partial charge in [0.05, 0.1) is 5.54 Å². The molecule has 0 aromatic heterocycles. The van der Waals surface area contributed by atoms with Crippen LogP contribution in [0.2, 0.25) is 0 Å². The third-order valence-electron chi connectivity index (χ3n) is 7.03. The molecule has 2 aliphatic heterocycles. The second-order valence-corrected chi connectivity index (χ2v) is 9.39. The van der Waals surface area contributed by atoms with Gasteiger partial charge in [0.25, 0.3) is 0 Å². The van der Waals surface area contributed by atoms with Crippen LogP contribution in [0.25, 0.3) is 0 Å². The van der Waals surface area contributed by atoms with Crippen molar-refractivity contribution in [2.24, 2.45) is 0 Å². The van der Waals surface area contributed by atoms with E-state index in [0.29, 0.717) is 37.5 Å². The Morgan fingerprint density at radius 1 is 1.13 bits per heavy atom. The van der Waals surface area contributed by atoms with Gasteiger partial charge in [0.1, 0.15) is 0 Å². The van der Waals surface area contributed by atoms with Crippen LogP contribution in [0.3, 0.4) is 0 Å². The number of hydrogen-bond acceptors (Lipinski definition) is 4. The quantitative estimate of drug-likeness (QED) is 0.741. The van der Waals surface area contributed by atoms with Gasteiger partial charge in [0.15, 0.2) is 0 Å². The van der Waals surface area contributed by atoms with E-state index in [1.54, 1.807) is 26.0 Å². The molecule has 1 aliphatic carbocycles. The van der Waals surface area contributed by atoms with Crippen LogP contribution in [0.4, 0.5) is 4.79 Å². The highest BCUT2D eigenvalue weighted by Gasteiger charge is 2.51. The topological polar surface area (TPSA) is 67.9 Å². The maximum absolute atomic E-state index is 12.3. The van der Waals surface area contributed by atoms with Crippen LogP contribution in [-0.4, -0.2) is 91.6 Å². The zero-order chi connectivity index (χ0) is 21.3. The Balaban J connectivity index is 1.30. The fraction of sp³-hybridized carbons (Fsp3) is 0.652. The number of piperidine rings is 1. The van der Waals surface area contributed by atoms with Gasteiger partial charge >= 0.3 is 6.03 Å². The van der Waals surface area contributed by atoms with Gasteiger partial charge in [-0.1, -0.05) is 30.3 Å². The molecule has 2 atom stereocenters. The van der Waals surface area contributed by atoms with Crippen LogP contribution in [0, 0.1) is 0 Å². The van der Waals surface area contributed by atoms with Crippen LogP contribution in [0.15, 0.2) is 30.3 Å². The summed E-state index contributed by atoms with van der Waals surface area (Å²) < 4.78 is 0. The summed E-state index contributed by atoms with van der Waals surface area (Å²) in [4.78, 5) is 30.4. The Morgan fingerprint density at radius 3 is 2.40 bits per heavy atom. The highest BCUT2D eigenvalue weighted by Crippen LogP contribution is 2.41. The molecule has 30 heavy (non-hydrogen) atoms. The average Bonchev–Trinajstić information content (AvgIpc) is 3.50. The van der Waals surface area contributed by atoms with Gasteiger partial charge in [-0.05, 0) is 24.8 Å². The SMILES string of the molecule is CNC(=O)CC1(N2CCC(N[C@@H]3CC3c3ccccc3)CC2)CN(C(=O)N(C)C)C1. The van der Waals surface area contributed by atoms with Gasteiger partial charge in [-0.15, -0.1) is 0 Å². The molecule has 0 radical (unpaired) electrons. The van der Waals surface area contributed by atoms with Crippen molar-refractivity contribution in [3.05, 3.63) is 35.9 Å². The minimum Gasteiger partial charge on any atom is -0.359 e. The summed E-state index contributed by atoms with van der Waals surface area (Å²) in [5.74, 6) is 0.706. The lowest BCUT2D eigenvalue weighted by atomic mass is 9.82. The summed E-state index contributed by atoms with van der Waals surface area (Å²) in [5, 5.41) is 6.63. The first-order valence-corrected chi connectivity index (χ1v) is 11.1. The molecular formula is C23H35N5O2. The molecule has 1 saturated carbocycles. The zero-order valence-corrected chi connectivity index (χ0v) is 18.4. The highest BCUT2D eigenvalue weighted by molar-refractivity contribution is 5.79. The average molecular weight is 414 g/mol. The molecule has 7 nitrogen and oxygen atoms in total. The molecule has 3 fully saturated rings. The van der Waals surface area contributed by atoms with Crippen molar-refractivity contribution in [3.8, 4) is 0 Å². The molecule has 0 bridgehead atoms. The van der Waals surface area contributed by atoms with Crippen molar-refractivity contribution in [2.45, 2.75) is 49.2 Å². The Hall–Kier alpha value is -2.12. The van der Waals surface area contributed by atoms with Crippen molar-refractivity contribution in [1.29, 1.82) is 0 Å². The molecule has 1 aromatic carbocycles. The number of urea groups is 1. The van der Waals surface area contributed by atoms with Crippen molar-refractivity contribution >= 4 is 11.9 Å². The predicted octanol–water partition coefficient (Wildman–Crippen LogP) is 1.47. The van der Waals surface area contributed by atoms with E-state index in [0.717, 1.165) is 25.9 Å². The van der Waals surface area contributed by atoms with Crippen LogP contribution < -0.4 is 10.6 Å². The fourth-order valence-corrected chi connectivity index (χ4v) is 5.16. The van der Waals surface area contributed by atoms with Crippen molar-refractivity contribution in [2.75, 3.05) is 47.3 Å². The molecule has 0 spiro atoms. The fourth-order valence-electron chi connectivity index (χ4n) is 5.16. The lowest BCUT2D eigenvalue weighted by molar-refractivity contribution is -0.129. The molecular weight excluding hydrogens is 378 g/mol. The maximum atomic E-state index is 12.3. The van der Waals surface area contributed by atoms with Crippen LogP contribution >= 0.6 is 0 Å². The standard InChI is InChI=1S/C23H35N5O2/c1-24-21(29)14-23(15-27(16-23)22(30)26(2)3)28-11-9-18(10-12-28)25-20-13-19(20)17-7-5-4-6-8-17/h4-8,18-20,25H,9-16H2,1-3H3,(H,24,29)/t19?,20-/m1/s1. The number of carbonyl (C=O) groups is 2. The molecule has 7 heteroatoms. The number of benzene rings is 1. The van der Waals surface area contributed by atoms with Crippen LogP contribution in [0.5, 0.6) is 0 Å². The molecule has 4 rings (SSSR count). The number of likely N-dealkylation sites (tertiary alicyclic amines) is 2. The van der Waals surface area contributed by atoms with Gasteiger partial charge < -0.3 is 20.4 Å². The summed E-state index contributed by atoms with van der Waals surface area (Å²) in [5.41, 5.74) is 1.22. The summed E-state index contributed by atoms with van der Waals surface area (Å²) in [6.07, 6.45) is 3.87. The summed E-state index contributed by atoms with van der Waals surface area (Å²) >= 11 is 0. The largest absolute Gasteiger partial charge is 0.359 e. The maximum Gasteiger partial charge on any atom is 0.319 e. The van der Waals surface area contributed by atoms with E-state index in [1.807, 2.05) is 4.90 Å². The Kier molecular flexibility index (Phi) is 6.02. The van der Waals surface area contributed by atoms with Gasteiger partial charge in [-0.25, -0.2) is 4.79 Å². The van der Waals surface area contributed by atoms with Crippen LogP contribution in [-0.2, 0) is 4.79 Å². The number of nitrogens with one attached hydrogen (secondary N) is 2. The first-order valence-electron chi connectivity index (χ1n) is 11.1. The van der Waals surface area contributed by atoms with Gasteiger partial charge in [0, 0.05) is 71.7 Å². The second kappa shape index (κ2) is 8.55. The highest BCUT2D eigenvalue weighted by atomic mass is 16.2. The van der Waals surface area contributed by atoms with E-state index >= 15 is 0 Å². The van der Waals surface area contributed by atoms with Crippen molar-refractivity contribution in [3.63, 3.8) is 0 Å². The van der Waals surface area contributed by atoms with E-state index in [1.165, 1.54) is 12.0 Å². The number of carbonyl (C=O) groups excluding carboxylic acids is 2. The molecule has 3 aliphatic rings. The molecule has 3 amide bonds. The molecule has 2 saturated heterocycles. The van der Waals surface area contributed by atoms with Crippen LogP contribution in [0.1, 0.15) is 37.2 Å². The molecule has 2 N–H and O–H groups in total. The third kappa shape index (κ3) is 4.32. The number of hydrogen-bond donors (Lipinski definition) is 2. The minimum atomic E-state index is -0.219. The molecule has 164 valence electrons. The van der Waals surface area contributed by atoms with E-state index in [2.05, 4.69) is 45.9 Å². The van der Waals surface area contributed by atoms with Crippen molar-refractivity contribution < 1.29 is 9.59 Å². The molecule has 1 aromatic rings. The lowest BCUT2D eigenvalue weighted by Crippen LogP contribution is -2.74. The Labute approximate surface area is 179 Å². The Morgan fingerprint density at radius 2 is 1.80 bits per heavy atom. The number of nitrogens with zero attached hydrogens (tertiary/aromatic N) is 3. The van der Waals surface area contributed by atoms with Gasteiger partial charge in [-0.2, -0.15) is 0 Å². The number of rotatable bonds is 6. The normalized spacial score (nSPS) is 26.0.